The topological polar surface area (TPSA) is 41.5 Å². The minimum Gasteiger partial charge on any atom is -0.389 e. The van der Waals surface area contributed by atoms with E-state index < -0.39 is 5.60 Å². The molecule has 3 nitrogen and oxygen atoms in total. The van der Waals surface area contributed by atoms with Gasteiger partial charge in [0, 0.05) is 19.2 Å². The van der Waals surface area contributed by atoms with Gasteiger partial charge in [-0.15, -0.1) is 0 Å². The van der Waals surface area contributed by atoms with Crippen molar-refractivity contribution in [3.63, 3.8) is 0 Å². The summed E-state index contributed by atoms with van der Waals surface area (Å²) in [6, 6.07) is 0.534. The number of hydrogen-bond donors (Lipinski definition) is 2. The lowest BCUT2D eigenvalue weighted by molar-refractivity contribution is -0.0297. The summed E-state index contributed by atoms with van der Waals surface area (Å²) in [4.78, 5) is 0. The van der Waals surface area contributed by atoms with Crippen molar-refractivity contribution in [2.75, 3.05) is 13.2 Å². The summed E-state index contributed by atoms with van der Waals surface area (Å²) in [5.41, 5.74) is -0.462. The van der Waals surface area contributed by atoms with Crippen molar-refractivity contribution in [2.45, 2.75) is 83.0 Å². The molecule has 0 bridgehead atoms. The van der Waals surface area contributed by atoms with Gasteiger partial charge >= 0.3 is 0 Å². The smallest absolute Gasteiger partial charge is 0.0774 e. The summed E-state index contributed by atoms with van der Waals surface area (Å²) >= 11 is 0. The van der Waals surface area contributed by atoms with Gasteiger partial charge in [0.1, 0.15) is 0 Å². The van der Waals surface area contributed by atoms with Crippen LogP contribution in [0, 0.1) is 5.92 Å². The zero-order valence-corrected chi connectivity index (χ0v) is 12.7. The van der Waals surface area contributed by atoms with E-state index in [1.807, 2.05) is 0 Å². The highest BCUT2D eigenvalue weighted by Crippen LogP contribution is 2.32. The maximum Gasteiger partial charge on any atom is 0.0774 e. The van der Waals surface area contributed by atoms with Gasteiger partial charge in [-0.25, -0.2) is 0 Å². The molecule has 1 saturated carbocycles. The molecule has 1 aliphatic carbocycles. The van der Waals surface area contributed by atoms with Crippen molar-refractivity contribution in [2.24, 2.45) is 5.92 Å². The summed E-state index contributed by atoms with van der Waals surface area (Å²) in [6.07, 6.45) is 9.36. The number of rotatable bonds is 5. The van der Waals surface area contributed by atoms with E-state index in [9.17, 15) is 5.11 Å². The van der Waals surface area contributed by atoms with Crippen molar-refractivity contribution < 1.29 is 9.84 Å². The Hall–Kier alpha value is -0.120. The zero-order chi connectivity index (χ0) is 13.7. The summed E-state index contributed by atoms with van der Waals surface area (Å²) in [7, 11) is 0. The first kappa shape index (κ1) is 15.3. The van der Waals surface area contributed by atoms with E-state index in [-0.39, 0.29) is 0 Å². The maximum atomic E-state index is 10.6. The summed E-state index contributed by atoms with van der Waals surface area (Å²) in [5, 5.41) is 14.3. The van der Waals surface area contributed by atoms with Crippen LogP contribution in [-0.4, -0.2) is 36.0 Å². The van der Waals surface area contributed by atoms with E-state index in [0.29, 0.717) is 18.1 Å². The Morgan fingerprint density at radius 3 is 2.95 bits per heavy atom. The van der Waals surface area contributed by atoms with Crippen molar-refractivity contribution >= 4 is 0 Å². The van der Waals surface area contributed by atoms with Crippen molar-refractivity contribution in [1.29, 1.82) is 0 Å². The second kappa shape index (κ2) is 7.05. The molecule has 4 unspecified atom stereocenters. The van der Waals surface area contributed by atoms with Gasteiger partial charge in [0.2, 0.25) is 0 Å². The Morgan fingerprint density at radius 2 is 2.21 bits per heavy atom. The van der Waals surface area contributed by atoms with E-state index in [2.05, 4.69) is 19.2 Å². The molecule has 2 rings (SSSR count). The van der Waals surface area contributed by atoms with Crippen LogP contribution in [0.5, 0.6) is 0 Å². The molecule has 2 aliphatic rings. The molecule has 0 spiro atoms. The van der Waals surface area contributed by atoms with Gasteiger partial charge in [-0.2, -0.15) is 0 Å². The Balaban J connectivity index is 1.74. The summed E-state index contributed by atoms with van der Waals surface area (Å²) in [6.45, 7) is 6.11. The Morgan fingerprint density at radius 1 is 1.37 bits per heavy atom. The maximum absolute atomic E-state index is 10.6. The third-order valence-electron chi connectivity index (χ3n) is 4.77. The van der Waals surface area contributed by atoms with Gasteiger partial charge in [-0.3, -0.25) is 0 Å². The van der Waals surface area contributed by atoms with Crippen molar-refractivity contribution in [1.82, 2.24) is 5.32 Å². The second-order valence-electron chi connectivity index (χ2n) is 6.81. The monoisotopic (exact) mass is 269 g/mol. The third kappa shape index (κ3) is 4.73. The van der Waals surface area contributed by atoms with Crippen LogP contribution in [-0.2, 0) is 4.74 Å². The van der Waals surface area contributed by atoms with Gasteiger partial charge in [0.25, 0.3) is 0 Å². The molecule has 1 aliphatic heterocycles. The number of hydrogen-bond acceptors (Lipinski definition) is 3. The number of nitrogens with one attached hydrogen (secondary N) is 1. The summed E-state index contributed by atoms with van der Waals surface area (Å²) < 4.78 is 5.78. The largest absolute Gasteiger partial charge is 0.389 e. The third-order valence-corrected chi connectivity index (χ3v) is 4.77. The first-order chi connectivity index (χ1) is 9.11. The van der Waals surface area contributed by atoms with E-state index in [1.165, 1.54) is 25.7 Å². The Labute approximate surface area is 118 Å². The lowest BCUT2D eigenvalue weighted by Gasteiger charge is -2.38. The lowest BCUT2D eigenvalue weighted by Crippen LogP contribution is -2.49. The van der Waals surface area contributed by atoms with E-state index >= 15 is 0 Å². The minimum atomic E-state index is -0.462. The highest BCUT2D eigenvalue weighted by molar-refractivity contribution is 4.89. The molecule has 1 heterocycles. The minimum absolute atomic E-state index is 0.427. The average Bonchev–Trinajstić information content (AvgIpc) is 2.37. The van der Waals surface area contributed by atoms with Gasteiger partial charge in [0.15, 0.2) is 0 Å². The van der Waals surface area contributed by atoms with Crippen LogP contribution in [0.3, 0.4) is 0 Å². The molecule has 112 valence electrons. The van der Waals surface area contributed by atoms with Crippen molar-refractivity contribution in [3.8, 4) is 0 Å². The molecule has 3 heteroatoms. The lowest BCUT2D eigenvalue weighted by atomic mass is 9.78. The molecule has 0 radical (unpaired) electrons. The Bertz CT molecular complexity index is 269. The number of aliphatic hydroxyl groups is 1. The molecule has 0 amide bonds. The Kier molecular flexibility index (Phi) is 5.67. The fourth-order valence-electron chi connectivity index (χ4n) is 3.72. The van der Waals surface area contributed by atoms with Crippen LogP contribution in [0.4, 0.5) is 0 Å². The van der Waals surface area contributed by atoms with Gasteiger partial charge < -0.3 is 15.2 Å². The molecule has 2 N–H and O–H groups in total. The molecule has 4 atom stereocenters. The molecular formula is C16H31NO2. The zero-order valence-electron chi connectivity index (χ0n) is 12.7. The quantitative estimate of drug-likeness (QED) is 0.806. The highest BCUT2D eigenvalue weighted by atomic mass is 16.5. The predicted molar refractivity (Wildman–Crippen MR) is 78.3 cm³/mol. The van der Waals surface area contributed by atoms with Gasteiger partial charge in [0.05, 0.1) is 11.7 Å². The predicted octanol–water partition coefficient (Wildman–Crippen LogP) is 2.86. The van der Waals surface area contributed by atoms with Crippen LogP contribution < -0.4 is 5.32 Å². The van der Waals surface area contributed by atoms with Gasteiger partial charge in [-0.1, -0.05) is 33.1 Å². The van der Waals surface area contributed by atoms with Crippen LogP contribution in [0.15, 0.2) is 0 Å². The molecule has 0 aromatic heterocycles. The molecule has 2 fully saturated rings. The average molecular weight is 269 g/mol. The standard InChI is InChI=1S/C16H31NO2/c1-3-5-15-10-14(7-9-19-15)17-12-16(18)8-4-6-13(2)11-16/h13-15,17-18H,3-12H2,1-2H3. The molecule has 0 aromatic carbocycles. The highest BCUT2D eigenvalue weighted by Gasteiger charge is 2.33. The summed E-state index contributed by atoms with van der Waals surface area (Å²) in [5.74, 6) is 0.670. The second-order valence-corrected chi connectivity index (χ2v) is 6.81. The van der Waals surface area contributed by atoms with Crippen LogP contribution in [0.2, 0.25) is 0 Å². The van der Waals surface area contributed by atoms with Crippen molar-refractivity contribution in [3.05, 3.63) is 0 Å². The molecule has 1 saturated heterocycles. The van der Waals surface area contributed by atoms with E-state index in [1.54, 1.807) is 0 Å². The SMILES string of the molecule is CCCC1CC(NCC2(O)CCCC(C)C2)CCO1. The molecular weight excluding hydrogens is 238 g/mol. The molecule has 0 aromatic rings. The van der Waals surface area contributed by atoms with E-state index in [0.717, 1.165) is 38.8 Å². The first-order valence-electron chi connectivity index (χ1n) is 8.18. The number of ether oxygens (including phenoxy) is 1. The van der Waals surface area contributed by atoms with Crippen LogP contribution >= 0.6 is 0 Å². The van der Waals surface area contributed by atoms with Crippen LogP contribution in [0.25, 0.3) is 0 Å². The van der Waals surface area contributed by atoms with E-state index in [4.69, 9.17) is 4.74 Å². The van der Waals surface area contributed by atoms with Gasteiger partial charge in [-0.05, 0) is 38.0 Å². The van der Waals surface area contributed by atoms with Crippen LogP contribution in [0.1, 0.15) is 65.2 Å². The first-order valence-corrected chi connectivity index (χ1v) is 8.18. The fraction of sp³-hybridized carbons (Fsp3) is 1.00. The fourth-order valence-corrected chi connectivity index (χ4v) is 3.72. The normalized spacial score (nSPS) is 40.3. The molecule has 19 heavy (non-hydrogen) atoms.